The topological polar surface area (TPSA) is 66.5 Å². The van der Waals surface area contributed by atoms with Gasteiger partial charge in [0.25, 0.3) is 0 Å². The number of nitrogens with one attached hydrogen (secondary N) is 2. The van der Waals surface area contributed by atoms with Crippen LogP contribution in [0.25, 0.3) is 0 Å². The average Bonchev–Trinajstić information content (AvgIpc) is 2.71. The first-order valence-corrected chi connectivity index (χ1v) is 5.32. The lowest BCUT2D eigenvalue weighted by Gasteiger charge is -2.03. The van der Waals surface area contributed by atoms with E-state index in [-0.39, 0.29) is 0 Å². The molecule has 0 amide bonds. The minimum atomic E-state index is 0.779. The second kappa shape index (κ2) is 4.88. The smallest absolute Gasteiger partial charge is 0.130 e. The van der Waals surface area contributed by atoms with Gasteiger partial charge < -0.3 is 10.3 Å². The van der Waals surface area contributed by atoms with Crippen molar-refractivity contribution in [3.63, 3.8) is 0 Å². The summed E-state index contributed by atoms with van der Waals surface area (Å²) in [6.07, 6.45) is 5.90. The van der Waals surface area contributed by atoms with Crippen LogP contribution in [0.3, 0.4) is 0 Å². The van der Waals surface area contributed by atoms with Crippen molar-refractivity contribution in [2.45, 2.75) is 6.42 Å². The van der Waals surface area contributed by atoms with Crippen LogP contribution in [0.2, 0.25) is 0 Å². The maximum Gasteiger partial charge on any atom is 0.130 e. The zero-order valence-corrected chi connectivity index (χ0v) is 9.53. The van der Waals surface area contributed by atoms with Crippen LogP contribution in [0.15, 0.2) is 29.5 Å². The lowest BCUT2D eigenvalue weighted by atomic mass is 10.3. The number of anilines is 1. The summed E-state index contributed by atoms with van der Waals surface area (Å²) < 4.78 is 0.779. The van der Waals surface area contributed by atoms with Crippen molar-refractivity contribution < 1.29 is 0 Å². The van der Waals surface area contributed by atoms with E-state index in [4.69, 9.17) is 0 Å². The van der Waals surface area contributed by atoms with Crippen LogP contribution < -0.4 is 5.32 Å². The Kier molecular flexibility index (Phi) is 3.29. The molecule has 0 aromatic carbocycles. The number of halogens is 1. The number of nitrogens with zero attached hydrogens (tertiary/aromatic N) is 3. The number of aromatic amines is 1. The Hall–Kier alpha value is -1.43. The highest BCUT2D eigenvalue weighted by Crippen LogP contribution is 2.09. The molecule has 78 valence electrons. The van der Waals surface area contributed by atoms with Gasteiger partial charge in [-0.25, -0.2) is 15.0 Å². The summed E-state index contributed by atoms with van der Waals surface area (Å²) in [5, 5.41) is 3.19. The molecule has 0 saturated heterocycles. The average molecular weight is 268 g/mol. The van der Waals surface area contributed by atoms with E-state index in [1.165, 1.54) is 6.33 Å². The quantitative estimate of drug-likeness (QED) is 0.827. The molecule has 0 saturated carbocycles. The number of H-pyrrole nitrogens is 1. The zero-order valence-electron chi connectivity index (χ0n) is 7.94. The highest BCUT2D eigenvalue weighted by molar-refractivity contribution is 9.10. The first kappa shape index (κ1) is 10.1. The van der Waals surface area contributed by atoms with Gasteiger partial charge in [0.15, 0.2) is 0 Å². The first-order chi connectivity index (χ1) is 7.34. The molecule has 5 nitrogen and oxygen atoms in total. The molecule has 0 aliphatic carbocycles. The van der Waals surface area contributed by atoms with E-state index in [0.717, 1.165) is 29.1 Å². The summed E-state index contributed by atoms with van der Waals surface area (Å²) in [4.78, 5) is 15.0. The van der Waals surface area contributed by atoms with Gasteiger partial charge >= 0.3 is 0 Å². The fourth-order valence-electron chi connectivity index (χ4n) is 1.18. The third kappa shape index (κ3) is 3.02. The highest BCUT2D eigenvalue weighted by atomic mass is 79.9. The number of aromatic nitrogens is 4. The summed E-state index contributed by atoms with van der Waals surface area (Å²) in [6, 6.07) is 1.84. The molecule has 2 aromatic rings. The Morgan fingerprint density at radius 2 is 2.33 bits per heavy atom. The third-order valence-electron chi connectivity index (χ3n) is 1.89. The number of imidazole rings is 1. The molecule has 6 heteroatoms. The summed E-state index contributed by atoms with van der Waals surface area (Å²) in [7, 11) is 0. The lowest BCUT2D eigenvalue weighted by molar-refractivity contribution is 0.962. The van der Waals surface area contributed by atoms with Gasteiger partial charge in [0.2, 0.25) is 0 Å². The van der Waals surface area contributed by atoms with Crippen LogP contribution in [0, 0.1) is 0 Å². The number of hydrogen-bond donors (Lipinski definition) is 2. The fourth-order valence-corrected chi connectivity index (χ4v) is 1.49. The predicted molar refractivity (Wildman–Crippen MR) is 60.5 cm³/mol. The van der Waals surface area contributed by atoms with Gasteiger partial charge in [-0.2, -0.15) is 0 Å². The maximum absolute atomic E-state index is 4.08. The third-order valence-corrected chi connectivity index (χ3v) is 2.32. The van der Waals surface area contributed by atoms with Gasteiger partial charge in [0, 0.05) is 30.9 Å². The largest absolute Gasteiger partial charge is 0.370 e. The monoisotopic (exact) mass is 267 g/mol. The van der Waals surface area contributed by atoms with E-state index >= 15 is 0 Å². The predicted octanol–water partition coefficient (Wildman–Crippen LogP) is 1.62. The summed E-state index contributed by atoms with van der Waals surface area (Å²) >= 11 is 3.29. The Morgan fingerprint density at radius 3 is 3.07 bits per heavy atom. The van der Waals surface area contributed by atoms with E-state index in [0.29, 0.717) is 0 Å². The molecule has 0 aliphatic heterocycles. The van der Waals surface area contributed by atoms with Crippen molar-refractivity contribution >= 4 is 21.7 Å². The Bertz CT molecular complexity index is 414. The highest BCUT2D eigenvalue weighted by Gasteiger charge is 1.96. The van der Waals surface area contributed by atoms with Crippen LogP contribution in [0.4, 0.5) is 5.82 Å². The number of hydrogen-bond acceptors (Lipinski definition) is 4. The van der Waals surface area contributed by atoms with Gasteiger partial charge in [-0.1, -0.05) is 0 Å². The van der Waals surface area contributed by atoms with Gasteiger partial charge in [0.05, 0.1) is 6.33 Å². The van der Waals surface area contributed by atoms with Crippen LogP contribution in [0.5, 0.6) is 0 Å². The van der Waals surface area contributed by atoms with Gasteiger partial charge in [-0.05, 0) is 15.9 Å². The Balaban J connectivity index is 1.83. The normalized spacial score (nSPS) is 10.2. The summed E-state index contributed by atoms with van der Waals surface area (Å²) in [6.45, 7) is 0.811. The maximum atomic E-state index is 4.08. The minimum absolute atomic E-state index is 0.779. The van der Waals surface area contributed by atoms with Crippen LogP contribution in [-0.4, -0.2) is 26.5 Å². The van der Waals surface area contributed by atoms with E-state index in [1.54, 1.807) is 6.33 Å². The van der Waals surface area contributed by atoms with Gasteiger partial charge in [-0.15, -0.1) is 0 Å². The SMILES string of the molecule is Brc1cc(NCCc2cnc[nH]2)ncn1. The van der Waals surface area contributed by atoms with Gasteiger partial charge in [0.1, 0.15) is 16.7 Å². The van der Waals surface area contributed by atoms with Crippen LogP contribution >= 0.6 is 15.9 Å². The number of rotatable bonds is 4. The Labute approximate surface area is 95.5 Å². The lowest BCUT2D eigenvalue weighted by Crippen LogP contribution is -2.06. The molecule has 15 heavy (non-hydrogen) atoms. The molecule has 2 heterocycles. The molecule has 2 aromatic heterocycles. The fraction of sp³-hybridized carbons (Fsp3) is 0.222. The molecular formula is C9H10BrN5. The molecule has 0 radical (unpaired) electrons. The van der Waals surface area contributed by atoms with Crippen molar-refractivity contribution in [1.82, 2.24) is 19.9 Å². The van der Waals surface area contributed by atoms with Crippen LogP contribution in [-0.2, 0) is 6.42 Å². The van der Waals surface area contributed by atoms with E-state index in [1.807, 2.05) is 12.3 Å². The molecule has 2 N–H and O–H groups in total. The molecule has 0 fully saturated rings. The van der Waals surface area contributed by atoms with Crippen molar-refractivity contribution in [1.29, 1.82) is 0 Å². The second-order valence-corrected chi connectivity index (χ2v) is 3.79. The molecule has 0 unspecified atom stereocenters. The molecule has 0 spiro atoms. The standard InChI is InChI=1S/C9H10BrN5/c10-8-3-9(15-6-14-8)12-2-1-7-4-11-5-13-7/h3-6H,1-2H2,(H,11,13)(H,12,14,15). The van der Waals surface area contributed by atoms with Crippen molar-refractivity contribution in [2.24, 2.45) is 0 Å². The van der Waals surface area contributed by atoms with Crippen molar-refractivity contribution in [3.05, 3.63) is 35.2 Å². The minimum Gasteiger partial charge on any atom is -0.370 e. The summed E-state index contributed by atoms with van der Waals surface area (Å²) in [5.74, 6) is 0.816. The van der Waals surface area contributed by atoms with Crippen molar-refractivity contribution in [3.8, 4) is 0 Å². The Morgan fingerprint density at radius 1 is 1.40 bits per heavy atom. The van der Waals surface area contributed by atoms with E-state index < -0.39 is 0 Å². The van der Waals surface area contributed by atoms with E-state index in [2.05, 4.69) is 41.2 Å². The molecule has 0 aliphatic rings. The first-order valence-electron chi connectivity index (χ1n) is 4.53. The van der Waals surface area contributed by atoms with E-state index in [9.17, 15) is 0 Å². The molecule has 0 atom stereocenters. The molecule has 0 bridgehead atoms. The second-order valence-electron chi connectivity index (χ2n) is 2.98. The molecular weight excluding hydrogens is 258 g/mol. The van der Waals surface area contributed by atoms with Crippen LogP contribution in [0.1, 0.15) is 5.69 Å². The summed E-state index contributed by atoms with van der Waals surface area (Å²) in [5.41, 5.74) is 1.11. The van der Waals surface area contributed by atoms with Gasteiger partial charge in [-0.3, -0.25) is 0 Å². The zero-order chi connectivity index (χ0) is 10.5. The van der Waals surface area contributed by atoms with Crippen molar-refractivity contribution in [2.75, 3.05) is 11.9 Å². The molecule has 2 rings (SSSR count).